The summed E-state index contributed by atoms with van der Waals surface area (Å²) in [5.41, 5.74) is 1.02. The van der Waals surface area contributed by atoms with Crippen LogP contribution < -0.4 is 4.90 Å². The first-order valence-corrected chi connectivity index (χ1v) is 6.07. The molecule has 1 fully saturated rings. The molecule has 9 nitrogen and oxygen atoms in total. The molecule has 1 aliphatic rings. The number of nitro groups is 1. The number of ether oxygens (including phenoxy) is 1. The summed E-state index contributed by atoms with van der Waals surface area (Å²) in [5.74, 6) is 0. The number of aliphatic hydroxyl groups is 1. The van der Waals surface area contributed by atoms with E-state index in [1.807, 2.05) is 4.90 Å². The molecule has 20 heavy (non-hydrogen) atoms. The van der Waals surface area contributed by atoms with E-state index in [0.29, 0.717) is 30.9 Å². The van der Waals surface area contributed by atoms with Gasteiger partial charge in [-0.1, -0.05) is 0 Å². The Labute approximate surface area is 112 Å². The van der Waals surface area contributed by atoms with Crippen LogP contribution in [0.15, 0.2) is 16.8 Å². The molecule has 1 N–H and O–H groups in total. The fourth-order valence-electron chi connectivity index (χ4n) is 2.29. The Morgan fingerprint density at radius 3 is 3.00 bits per heavy atom. The molecule has 0 amide bonds. The predicted octanol–water partition coefficient (Wildman–Crippen LogP) is 0.328. The molecule has 1 atom stereocenters. The minimum atomic E-state index is -0.522. The molecule has 9 heteroatoms. The topological polar surface area (TPSA) is 115 Å². The summed E-state index contributed by atoms with van der Waals surface area (Å²) in [7, 11) is 0. The molecular formula is C11H12N4O5. The maximum absolute atomic E-state index is 10.9. The van der Waals surface area contributed by atoms with Gasteiger partial charge in [-0.15, -0.1) is 0 Å². The van der Waals surface area contributed by atoms with Crippen molar-refractivity contribution < 1.29 is 19.4 Å². The van der Waals surface area contributed by atoms with Crippen molar-refractivity contribution in [3.63, 3.8) is 0 Å². The number of hydrogen-bond donors (Lipinski definition) is 1. The van der Waals surface area contributed by atoms with Gasteiger partial charge in [0.2, 0.25) is 5.52 Å². The Bertz CT molecular complexity index is 643. The zero-order valence-corrected chi connectivity index (χ0v) is 10.4. The molecule has 106 valence electrons. The van der Waals surface area contributed by atoms with Crippen LogP contribution in [0.3, 0.4) is 0 Å². The van der Waals surface area contributed by atoms with Crippen LogP contribution in [0.4, 0.5) is 11.4 Å². The van der Waals surface area contributed by atoms with Gasteiger partial charge in [-0.2, -0.15) is 0 Å². The zero-order chi connectivity index (χ0) is 14.1. The lowest BCUT2D eigenvalue weighted by molar-refractivity contribution is -0.383. The first-order valence-electron chi connectivity index (χ1n) is 6.07. The average Bonchev–Trinajstić information content (AvgIpc) is 2.95. The summed E-state index contributed by atoms with van der Waals surface area (Å²) in [5, 5.41) is 27.4. The van der Waals surface area contributed by atoms with Crippen LogP contribution in [-0.4, -0.2) is 52.8 Å². The van der Waals surface area contributed by atoms with Crippen LogP contribution in [0.1, 0.15) is 0 Å². The quantitative estimate of drug-likeness (QED) is 0.631. The molecule has 1 unspecified atom stereocenters. The minimum Gasteiger partial charge on any atom is -0.394 e. The fraction of sp³-hybridized carbons (Fsp3) is 0.455. The second-order valence-electron chi connectivity index (χ2n) is 4.44. The van der Waals surface area contributed by atoms with Crippen LogP contribution in [-0.2, 0) is 4.74 Å². The van der Waals surface area contributed by atoms with Crippen LogP contribution in [0.25, 0.3) is 11.0 Å². The first kappa shape index (κ1) is 12.8. The van der Waals surface area contributed by atoms with E-state index in [1.165, 1.54) is 6.07 Å². The van der Waals surface area contributed by atoms with Crippen molar-refractivity contribution in [1.29, 1.82) is 0 Å². The van der Waals surface area contributed by atoms with E-state index in [9.17, 15) is 10.1 Å². The molecule has 0 saturated carbocycles. The van der Waals surface area contributed by atoms with E-state index in [2.05, 4.69) is 14.9 Å². The van der Waals surface area contributed by atoms with Gasteiger partial charge < -0.3 is 14.7 Å². The number of hydrogen-bond acceptors (Lipinski definition) is 8. The molecule has 1 aliphatic heterocycles. The number of rotatable bonds is 3. The highest BCUT2D eigenvalue weighted by molar-refractivity contribution is 5.93. The number of non-ortho nitro benzene ring substituents is 1. The van der Waals surface area contributed by atoms with E-state index >= 15 is 0 Å². The van der Waals surface area contributed by atoms with E-state index in [0.717, 1.165) is 0 Å². The Kier molecular flexibility index (Phi) is 3.20. The van der Waals surface area contributed by atoms with E-state index in [1.54, 1.807) is 6.07 Å². The highest BCUT2D eigenvalue weighted by Gasteiger charge is 2.26. The van der Waals surface area contributed by atoms with Crippen LogP contribution in [0.2, 0.25) is 0 Å². The Balaban J connectivity index is 2.02. The van der Waals surface area contributed by atoms with Gasteiger partial charge in [0.1, 0.15) is 0 Å². The van der Waals surface area contributed by atoms with Gasteiger partial charge in [0, 0.05) is 19.2 Å². The fourth-order valence-corrected chi connectivity index (χ4v) is 2.29. The van der Waals surface area contributed by atoms with Gasteiger partial charge in [0.25, 0.3) is 0 Å². The number of anilines is 1. The molecule has 0 bridgehead atoms. The highest BCUT2D eigenvalue weighted by Crippen LogP contribution is 2.31. The van der Waals surface area contributed by atoms with Crippen molar-refractivity contribution in [3.05, 3.63) is 22.2 Å². The van der Waals surface area contributed by atoms with Crippen molar-refractivity contribution in [3.8, 4) is 0 Å². The number of nitro benzene ring substituents is 1. The summed E-state index contributed by atoms with van der Waals surface area (Å²) in [4.78, 5) is 12.4. The largest absolute Gasteiger partial charge is 0.394 e. The van der Waals surface area contributed by atoms with Crippen molar-refractivity contribution in [2.75, 3.05) is 31.2 Å². The van der Waals surface area contributed by atoms with Gasteiger partial charge in [0.05, 0.1) is 29.9 Å². The third-order valence-corrected chi connectivity index (χ3v) is 3.25. The number of aromatic nitrogens is 2. The molecule has 0 radical (unpaired) electrons. The molecule has 1 saturated heterocycles. The maximum atomic E-state index is 10.9. The first-order chi connectivity index (χ1) is 9.70. The second kappa shape index (κ2) is 5.02. The van der Waals surface area contributed by atoms with E-state index < -0.39 is 4.92 Å². The molecular weight excluding hydrogens is 268 g/mol. The lowest BCUT2D eigenvalue weighted by atomic mass is 10.2. The van der Waals surface area contributed by atoms with E-state index in [4.69, 9.17) is 9.84 Å². The Morgan fingerprint density at radius 1 is 1.45 bits per heavy atom. The van der Waals surface area contributed by atoms with Gasteiger partial charge in [-0.05, 0) is 16.4 Å². The molecule has 1 aromatic carbocycles. The predicted molar refractivity (Wildman–Crippen MR) is 67.5 cm³/mol. The number of fused-ring (bicyclic) bond motifs is 1. The van der Waals surface area contributed by atoms with Gasteiger partial charge in [-0.3, -0.25) is 10.1 Å². The van der Waals surface area contributed by atoms with Crippen molar-refractivity contribution in [2.24, 2.45) is 0 Å². The standard InChI is InChI=1S/C11H12N4O5/c16-6-7-5-14(3-4-19-7)8-1-2-9(15(17)18)11-10(8)12-20-13-11/h1-2,7,16H,3-6H2. The van der Waals surface area contributed by atoms with Gasteiger partial charge in [0.15, 0.2) is 5.52 Å². The Hall–Kier alpha value is -2.26. The smallest absolute Gasteiger partial charge is 0.300 e. The van der Waals surface area contributed by atoms with Crippen molar-refractivity contribution >= 4 is 22.4 Å². The maximum Gasteiger partial charge on any atom is 0.300 e. The average molecular weight is 280 g/mol. The third-order valence-electron chi connectivity index (χ3n) is 3.25. The zero-order valence-electron chi connectivity index (χ0n) is 10.4. The molecule has 3 rings (SSSR count). The van der Waals surface area contributed by atoms with Crippen molar-refractivity contribution in [1.82, 2.24) is 10.3 Å². The van der Waals surface area contributed by atoms with Crippen LogP contribution in [0.5, 0.6) is 0 Å². The number of nitrogens with zero attached hydrogens (tertiary/aromatic N) is 4. The monoisotopic (exact) mass is 280 g/mol. The lowest BCUT2D eigenvalue weighted by Crippen LogP contribution is -2.44. The summed E-state index contributed by atoms with van der Waals surface area (Å²) < 4.78 is 10.0. The number of benzene rings is 1. The van der Waals surface area contributed by atoms with Crippen LogP contribution in [0, 0.1) is 10.1 Å². The summed E-state index contributed by atoms with van der Waals surface area (Å²) in [6.07, 6.45) is -0.283. The molecule has 2 heterocycles. The normalized spacial score (nSPS) is 19.4. The summed E-state index contributed by atoms with van der Waals surface area (Å²) >= 11 is 0. The molecule has 0 aliphatic carbocycles. The summed E-state index contributed by atoms with van der Waals surface area (Å²) in [6, 6.07) is 3.00. The third kappa shape index (κ3) is 2.06. The Morgan fingerprint density at radius 2 is 2.25 bits per heavy atom. The lowest BCUT2D eigenvalue weighted by Gasteiger charge is -2.33. The SMILES string of the molecule is O=[N+]([O-])c1ccc(N2CCOC(CO)C2)c2nonc12. The number of aliphatic hydroxyl groups excluding tert-OH is 1. The van der Waals surface area contributed by atoms with Gasteiger partial charge >= 0.3 is 5.69 Å². The van der Waals surface area contributed by atoms with Crippen molar-refractivity contribution in [2.45, 2.75) is 6.10 Å². The highest BCUT2D eigenvalue weighted by atomic mass is 16.6. The molecule has 2 aromatic rings. The molecule has 0 spiro atoms. The van der Waals surface area contributed by atoms with Crippen LogP contribution >= 0.6 is 0 Å². The number of morpholine rings is 1. The molecule has 1 aromatic heterocycles. The summed E-state index contributed by atoms with van der Waals surface area (Å²) in [6.45, 7) is 1.48. The van der Waals surface area contributed by atoms with E-state index in [-0.39, 0.29) is 23.9 Å². The second-order valence-corrected chi connectivity index (χ2v) is 4.44. The van der Waals surface area contributed by atoms with Gasteiger partial charge in [-0.25, -0.2) is 4.63 Å². The minimum absolute atomic E-state index is 0.0797.